The van der Waals surface area contributed by atoms with E-state index in [1.165, 1.54) is 11.1 Å². The molecule has 0 unspecified atom stereocenters. The van der Waals surface area contributed by atoms with E-state index in [1.807, 2.05) is 44.5 Å². The van der Waals surface area contributed by atoms with Crippen molar-refractivity contribution in [2.75, 3.05) is 23.9 Å². The number of methoxy groups -OCH3 is 1. The number of anilines is 2. The van der Waals surface area contributed by atoms with Gasteiger partial charge in [0.15, 0.2) is 0 Å². The summed E-state index contributed by atoms with van der Waals surface area (Å²) in [7, 11) is 1.68. The average Bonchev–Trinajstić information content (AvgIpc) is 2.90. The largest absolute Gasteiger partial charge is 0.497 e. The summed E-state index contributed by atoms with van der Waals surface area (Å²) >= 11 is 0. The van der Waals surface area contributed by atoms with Crippen molar-refractivity contribution in [1.82, 2.24) is 15.0 Å². The highest BCUT2D eigenvalue weighted by molar-refractivity contribution is 5.90. The van der Waals surface area contributed by atoms with Crippen LogP contribution in [0.5, 0.6) is 5.75 Å². The van der Waals surface area contributed by atoms with Crippen LogP contribution in [0.4, 0.5) is 11.5 Å². The maximum atomic E-state index is 5.43. The smallest absolute Gasteiger partial charge is 0.140 e. The van der Waals surface area contributed by atoms with Crippen molar-refractivity contribution in [2.45, 2.75) is 40.7 Å². The van der Waals surface area contributed by atoms with Crippen LogP contribution in [0, 0.1) is 20.8 Å². The van der Waals surface area contributed by atoms with E-state index in [0.29, 0.717) is 0 Å². The Morgan fingerprint density at radius 3 is 2.62 bits per heavy atom. The van der Waals surface area contributed by atoms with Crippen LogP contribution in [-0.2, 0) is 6.54 Å². The molecule has 0 aliphatic rings. The molecule has 1 N–H and O–H groups in total. The van der Waals surface area contributed by atoms with Gasteiger partial charge in [0.05, 0.1) is 24.0 Å². The van der Waals surface area contributed by atoms with E-state index in [4.69, 9.17) is 9.72 Å². The van der Waals surface area contributed by atoms with E-state index in [2.05, 4.69) is 70.9 Å². The van der Waals surface area contributed by atoms with Crippen LogP contribution in [0.3, 0.4) is 0 Å². The van der Waals surface area contributed by atoms with Crippen LogP contribution in [0.2, 0.25) is 0 Å². The molecule has 190 valence electrons. The topological polar surface area (TPSA) is 63.2 Å². The van der Waals surface area contributed by atoms with Crippen molar-refractivity contribution in [2.24, 2.45) is 0 Å². The van der Waals surface area contributed by atoms with Crippen molar-refractivity contribution in [3.63, 3.8) is 0 Å². The number of aromatic nitrogens is 3. The minimum Gasteiger partial charge on any atom is -0.497 e. The zero-order valence-corrected chi connectivity index (χ0v) is 22.4. The number of ether oxygens (including phenoxy) is 1. The number of fused-ring (bicyclic) bond motifs is 1. The number of benzene rings is 2. The summed E-state index contributed by atoms with van der Waals surface area (Å²) in [4.78, 5) is 16.5. The predicted octanol–water partition coefficient (Wildman–Crippen LogP) is 7.15. The first-order valence-corrected chi connectivity index (χ1v) is 12.6. The van der Waals surface area contributed by atoms with Gasteiger partial charge in [-0.15, -0.1) is 0 Å². The van der Waals surface area contributed by atoms with Gasteiger partial charge in [0.25, 0.3) is 0 Å². The van der Waals surface area contributed by atoms with Crippen molar-refractivity contribution in [3.05, 3.63) is 96.2 Å². The zero-order chi connectivity index (χ0) is 26.4. The highest BCUT2D eigenvalue weighted by Gasteiger charge is 2.16. The molecule has 4 aromatic rings. The molecule has 37 heavy (non-hydrogen) atoms. The molecule has 0 radical (unpaired) electrons. The Morgan fingerprint density at radius 1 is 1.03 bits per heavy atom. The summed E-state index contributed by atoms with van der Waals surface area (Å²) in [6, 6.07) is 14.8. The van der Waals surface area contributed by atoms with Gasteiger partial charge in [-0.1, -0.05) is 31.7 Å². The van der Waals surface area contributed by atoms with Crippen molar-refractivity contribution in [3.8, 4) is 16.9 Å². The monoisotopic (exact) mass is 493 g/mol. The molecule has 0 bridgehead atoms. The lowest BCUT2D eigenvalue weighted by Gasteiger charge is -2.26. The molecule has 6 heteroatoms. The first-order valence-electron chi connectivity index (χ1n) is 12.6. The van der Waals surface area contributed by atoms with Crippen LogP contribution >= 0.6 is 0 Å². The lowest BCUT2D eigenvalue weighted by molar-refractivity contribution is 0.415. The Labute approximate surface area is 219 Å². The summed E-state index contributed by atoms with van der Waals surface area (Å²) < 4.78 is 5.43. The maximum Gasteiger partial charge on any atom is 0.140 e. The maximum absolute atomic E-state index is 5.43. The number of allylic oxidation sites excluding steroid dienone is 2. The van der Waals surface area contributed by atoms with Gasteiger partial charge in [0.1, 0.15) is 17.4 Å². The molecule has 2 aromatic heterocycles. The third kappa shape index (κ3) is 5.97. The molecule has 0 saturated heterocycles. The first-order chi connectivity index (χ1) is 17.9. The van der Waals surface area contributed by atoms with Gasteiger partial charge in [-0.25, -0.2) is 9.97 Å². The highest BCUT2D eigenvalue weighted by atomic mass is 16.5. The van der Waals surface area contributed by atoms with E-state index in [1.54, 1.807) is 13.2 Å². The zero-order valence-electron chi connectivity index (χ0n) is 22.4. The molecular formula is C31H35N5O. The van der Waals surface area contributed by atoms with E-state index in [0.717, 1.165) is 70.3 Å². The quantitative estimate of drug-likeness (QED) is 0.237. The third-order valence-electron chi connectivity index (χ3n) is 6.39. The molecule has 0 saturated carbocycles. The third-order valence-corrected chi connectivity index (χ3v) is 6.39. The molecule has 0 aliphatic heterocycles. The van der Waals surface area contributed by atoms with Crippen LogP contribution in [0.1, 0.15) is 36.0 Å². The van der Waals surface area contributed by atoms with Gasteiger partial charge in [0, 0.05) is 42.5 Å². The Bertz CT molecular complexity index is 1440. The minimum absolute atomic E-state index is 0.748. The van der Waals surface area contributed by atoms with Gasteiger partial charge in [-0.2, -0.15) is 0 Å². The summed E-state index contributed by atoms with van der Waals surface area (Å²) in [5.41, 5.74) is 7.52. The first kappa shape index (κ1) is 25.9. The second-order valence-corrected chi connectivity index (χ2v) is 9.14. The molecule has 2 aromatic carbocycles. The Kier molecular flexibility index (Phi) is 8.18. The molecule has 0 aliphatic carbocycles. The molecule has 2 heterocycles. The normalized spacial score (nSPS) is 11.2. The standard InChI is InChI=1S/C31H35N5O/c1-7-9-14-32-29-17-25(19-33-22(29)4)24-11-10-21(3)26(16-24)20-36(15-8-2)31-28-13-12-27(37-6)18-30(28)34-23(5)35-31/h7,9-14,16-19,32H,1,8,15,20H2,2-6H3/b14-9+. The van der Waals surface area contributed by atoms with E-state index in [-0.39, 0.29) is 0 Å². The van der Waals surface area contributed by atoms with Crippen molar-refractivity contribution in [1.29, 1.82) is 0 Å². The highest BCUT2D eigenvalue weighted by Crippen LogP contribution is 2.31. The molecule has 0 atom stereocenters. The molecule has 0 amide bonds. The second-order valence-electron chi connectivity index (χ2n) is 9.14. The molecule has 0 fully saturated rings. The number of rotatable bonds is 10. The SMILES string of the molecule is C=C/C=C/Nc1cc(-c2ccc(C)c(CN(CCC)c3nc(C)nc4cc(OC)ccc34)c2)cnc1C. The van der Waals surface area contributed by atoms with E-state index < -0.39 is 0 Å². The number of nitrogens with zero attached hydrogens (tertiary/aromatic N) is 4. The Balaban J connectivity index is 1.71. The number of nitrogens with one attached hydrogen (secondary N) is 1. The molecule has 0 spiro atoms. The van der Waals surface area contributed by atoms with Crippen molar-refractivity contribution >= 4 is 22.4 Å². The van der Waals surface area contributed by atoms with Crippen LogP contribution in [0.25, 0.3) is 22.0 Å². The van der Waals surface area contributed by atoms with Gasteiger partial charge in [-0.3, -0.25) is 4.98 Å². The van der Waals surface area contributed by atoms with Gasteiger partial charge in [-0.05, 0) is 74.2 Å². The number of aryl methyl sites for hydroxylation is 3. The van der Waals surface area contributed by atoms with Gasteiger partial charge in [0.2, 0.25) is 0 Å². The summed E-state index contributed by atoms with van der Waals surface area (Å²) in [5, 5.41) is 4.33. The molecule has 6 nitrogen and oxygen atoms in total. The average molecular weight is 494 g/mol. The number of hydrogen-bond donors (Lipinski definition) is 1. The lowest BCUT2D eigenvalue weighted by atomic mass is 9.99. The summed E-state index contributed by atoms with van der Waals surface area (Å²) in [5.74, 6) is 2.50. The van der Waals surface area contributed by atoms with Crippen LogP contribution < -0.4 is 15.0 Å². The van der Waals surface area contributed by atoms with Crippen LogP contribution in [-0.4, -0.2) is 28.6 Å². The van der Waals surface area contributed by atoms with E-state index in [9.17, 15) is 0 Å². The lowest BCUT2D eigenvalue weighted by Crippen LogP contribution is -2.25. The number of hydrogen-bond acceptors (Lipinski definition) is 6. The number of pyridine rings is 1. The fourth-order valence-electron chi connectivity index (χ4n) is 4.37. The van der Waals surface area contributed by atoms with Crippen molar-refractivity contribution < 1.29 is 4.74 Å². The molecule has 4 rings (SSSR count). The van der Waals surface area contributed by atoms with Gasteiger partial charge < -0.3 is 15.0 Å². The summed E-state index contributed by atoms with van der Waals surface area (Å²) in [6.45, 7) is 13.7. The second kappa shape index (κ2) is 11.7. The fraction of sp³-hybridized carbons (Fsp3) is 0.258. The molecular weight excluding hydrogens is 458 g/mol. The fourth-order valence-corrected chi connectivity index (χ4v) is 4.37. The van der Waals surface area contributed by atoms with E-state index >= 15 is 0 Å². The summed E-state index contributed by atoms with van der Waals surface area (Å²) in [6.07, 6.45) is 8.42. The van der Waals surface area contributed by atoms with Gasteiger partial charge >= 0.3 is 0 Å². The van der Waals surface area contributed by atoms with Crippen LogP contribution in [0.15, 0.2) is 73.6 Å². The Hall–Kier alpha value is -4.19. The predicted molar refractivity (Wildman–Crippen MR) is 154 cm³/mol. The Morgan fingerprint density at radius 2 is 1.86 bits per heavy atom. The minimum atomic E-state index is 0.748.